The molecule has 0 bridgehead atoms. The molecule has 1 aliphatic rings. The van der Waals surface area contributed by atoms with E-state index < -0.39 is 16.5 Å². The molecule has 1 rings (SSSR count). The van der Waals surface area contributed by atoms with Gasteiger partial charge in [-0.05, 0) is 22.4 Å². The summed E-state index contributed by atoms with van der Waals surface area (Å²) < 4.78 is 16.1. The van der Waals surface area contributed by atoms with Gasteiger partial charge in [-0.25, -0.2) is 9.18 Å². The molecule has 2 nitrogen and oxygen atoms in total. The monoisotopic (exact) mass is 224 g/mol. The van der Waals surface area contributed by atoms with Crippen molar-refractivity contribution in [1.82, 2.24) is 0 Å². The lowest BCUT2D eigenvalue weighted by atomic mass is 10.0. The van der Waals surface area contributed by atoms with E-state index in [4.69, 9.17) is 4.74 Å². The van der Waals surface area contributed by atoms with E-state index in [2.05, 4.69) is 15.9 Å². The second kappa shape index (κ2) is 2.73. The standard InChI is InChI=1S/C7H10BrFO2/c1-3-5-4(2)7(8,9)6(10)11-5/h4-5H,3H2,1-2H3/t4-,5-,7-/m1/s1. The van der Waals surface area contributed by atoms with Gasteiger partial charge in [-0.1, -0.05) is 13.8 Å². The highest BCUT2D eigenvalue weighted by Crippen LogP contribution is 2.41. The van der Waals surface area contributed by atoms with Crippen LogP contribution in [0.2, 0.25) is 0 Å². The van der Waals surface area contributed by atoms with Crippen LogP contribution in [0.1, 0.15) is 20.3 Å². The summed E-state index contributed by atoms with van der Waals surface area (Å²) in [6.07, 6.45) is 0.372. The Hall–Kier alpha value is -0.120. The molecular formula is C7H10BrFO2. The molecule has 3 atom stereocenters. The molecule has 0 aromatic rings. The number of hydrogen-bond acceptors (Lipinski definition) is 2. The maximum atomic E-state index is 13.3. The molecule has 0 aromatic heterocycles. The lowest BCUT2D eigenvalue weighted by Gasteiger charge is -2.14. The number of ether oxygens (including phenoxy) is 1. The number of halogens is 2. The van der Waals surface area contributed by atoms with Gasteiger partial charge >= 0.3 is 5.97 Å². The number of alkyl halides is 2. The Bertz CT molecular complexity index is 181. The van der Waals surface area contributed by atoms with Crippen LogP contribution in [-0.4, -0.2) is 16.7 Å². The fourth-order valence-electron chi connectivity index (χ4n) is 1.17. The predicted molar refractivity (Wildman–Crippen MR) is 42.1 cm³/mol. The number of carbonyl (C=O) groups excluding carboxylic acids is 1. The van der Waals surface area contributed by atoms with E-state index in [9.17, 15) is 9.18 Å². The highest BCUT2D eigenvalue weighted by molar-refractivity contribution is 9.10. The molecule has 1 saturated heterocycles. The molecule has 1 heterocycles. The number of rotatable bonds is 1. The first kappa shape index (κ1) is 8.97. The molecule has 4 heteroatoms. The summed E-state index contributed by atoms with van der Waals surface area (Å²) in [7, 11) is 0. The maximum Gasteiger partial charge on any atom is 0.355 e. The summed E-state index contributed by atoms with van der Waals surface area (Å²) in [6.45, 7) is 3.52. The van der Waals surface area contributed by atoms with Gasteiger partial charge in [0.1, 0.15) is 6.10 Å². The molecule has 0 saturated carbocycles. The highest BCUT2D eigenvalue weighted by atomic mass is 79.9. The Kier molecular flexibility index (Phi) is 2.23. The van der Waals surface area contributed by atoms with Gasteiger partial charge < -0.3 is 4.74 Å². The molecule has 0 radical (unpaired) electrons. The van der Waals surface area contributed by atoms with E-state index in [1.165, 1.54) is 0 Å². The van der Waals surface area contributed by atoms with Gasteiger partial charge in [0.2, 0.25) is 0 Å². The van der Waals surface area contributed by atoms with E-state index in [0.717, 1.165) is 0 Å². The van der Waals surface area contributed by atoms with Crippen LogP contribution in [-0.2, 0) is 9.53 Å². The largest absolute Gasteiger partial charge is 0.459 e. The molecule has 0 N–H and O–H groups in total. The third-order valence-corrected chi connectivity index (χ3v) is 3.11. The van der Waals surface area contributed by atoms with E-state index in [1.807, 2.05) is 6.92 Å². The summed E-state index contributed by atoms with van der Waals surface area (Å²) >= 11 is 2.71. The van der Waals surface area contributed by atoms with Crippen molar-refractivity contribution in [2.45, 2.75) is 31.0 Å². The second-order valence-electron chi connectivity index (χ2n) is 2.76. The molecule has 11 heavy (non-hydrogen) atoms. The maximum absolute atomic E-state index is 13.3. The minimum atomic E-state index is -1.96. The molecule has 0 spiro atoms. The third kappa shape index (κ3) is 1.28. The quantitative estimate of drug-likeness (QED) is 0.504. The highest BCUT2D eigenvalue weighted by Gasteiger charge is 2.53. The number of carbonyl (C=O) groups is 1. The van der Waals surface area contributed by atoms with Crippen molar-refractivity contribution in [3.8, 4) is 0 Å². The summed E-state index contributed by atoms with van der Waals surface area (Å²) in [5, 5.41) is 0. The second-order valence-corrected chi connectivity index (χ2v) is 3.92. The molecule has 0 aliphatic carbocycles. The SMILES string of the molecule is CC[C@H]1OC(=O)[C@@](F)(Br)[C@@H]1C. The van der Waals surface area contributed by atoms with Crippen molar-refractivity contribution >= 4 is 21.9 Å². The van der Waals surface area contributed by atoms with Crippen molar-refractivity contribution in [1.29, 1.82) is 0 Å². The van der Waals surface area contributed by atoms with Crippen LogP contribution in [0.5, 0.6) is 0 Å². The summed E-state index contributed by atoms with van der Waals surface area (Å²) in [6, 6.07) is 0. The van der Waals surface area contributed by atoms with Crippen LogP contribution in [0, 0.1) is 5.92 Å². The Morgan fingerprint density at radius 1 is 1.82 bits per heavy atom. The first-order valence-electron chi connectivity index (χ1n) is 3.59. The van der Waals surface area contributed by atoms with Crippen LogP contribution in [0.3, 0.4) is 0 Å². The molecule has 1 aliphatic heterocycles. The zero-order chi connectivity index (χ0) is 8.65. The topological polar surface area (TPSA) is 26.3 Å². The van der Waals surface area contributed by atoms with Crippen LogP contribution < -0.4 is 0 Å². The molecule has 0 unspecified atom stereocenters. The third-order valence-electron chi connectivity index (χ3n) is 2.06. The number of cyclic esters (lactones) is 1. The zero-order valence-electron chi connectivity index (χ0n) is 6.43. The van der Waals surface area contributed by atoms with Gasteiger partial charge in [-0.3, -0.25) is 0 Å². The van der Waals surface area contributed by atoms with Crippen molar-refractivity contribution < 1.29 is 13.9 Å². The van der Waals surface area contributed by atoms with Gasteiger partial charge in [-0.15, -0.1) is 0 Å². The van der Waals surface area contributed by atoms with Crippen LogP contribution >= 0.6 is 15.9 Å². The summed E-state index contributed by atoms with van der Waals surface area (Å²) in [5.41, 5.74) is 0. The van der Waals surface area contributed by atoms with Gasteiger partial charge in [0, 0.05) is 5.92 Å². The average molecular weight is 225 g/mol. The van der Waals surface area contributed by atoms with E-state index >= 15 is 0 Å². The Balaban J connectivity index is 2.80. The molecule has 0 amide bonds. The Morgan fingerprint density at radius 3 is 2.55 bits per heavy atom. The minimum absolute atomic E-state index is 0.285. The first-order chi connectivity index (χ1) is 5.00. The zero-order valence-corrected chi connectivity index (χ0v) is 8.02. The lowest BCUT2D eigenvalue weighted by Crippen LogP contribution is -2.28. The fraction of sp³-hybridized carbons (Fsp3) is 0.857. The minimum Gasteiger partial charge on any atom is -0.459 e. The van der Waals surface area contributed by atoms with Crippen molar-refractivity contribution in [2.24, 2.45) is 5.92 Å². The van der Waals surface area contributed by atoms with Crippen LogP contribution in [0.25, 0.3) is 0 Å². The Labute approximate surface area is 73.2 Å². The van der Waals surface area contributed by atoms with Gasteiger partial charge in [0.25, 0.3) is 4.58 Å². The van der Waals surface area contributed by atoms with Gasteiger partial charge in [0.15, 0.2) is 0 Å². The van der Waals surface area contributed by atoms with Crippen molar-refractivity contribution in [2.75, 3.05) is 0 Å². The average Bonchev–Trinajstić information content (AvgIpc) is 2.14. The first-order valence-corrected chi connectivity index (χ1v) is 4.38. The predicted octanol–water partition coefficient (Wildman–Crippen LogP) is 2.02. The van der Waals surface area contributed by atoms with E-state index in [1.54, 1.807) is 6.92 Å². The summed E-state index contributed by atoms with van der Waals surface area (Å²) in [4.78, 5) is 10.8. The Morgan fingerprint density at radius 2 is 2.36 bits per heavy atom. The number of esters is 1. The van der Waals surface area contributed by atoms with Crippen molar-refractivity contribution in [3.63, 3.8) is 0 Å². The summed E-state index contributed by atoms with van der Waals surface area (Å²) in [5.74, 6) is -1.20. The molecule has 64 valence electrons. The van der Waals surface area contributed by atoms with Crippen LogP contribution in [0.15, 0.2) is 0 Å². The molecule has 0 aromatic carbocycles. The van der Waals surface area contributed by atoms with E-state index in [-0.39, 0.29) is 6.10 Å². The lowest BCUT2D eigenvalue weighted by molar-refractivity contribution is -0.146. The van der Waals surface area contributed by atoms with E-state index in [0.29, 0.717) is 6.42 Å². The molecule has 1 fully saturated rings. The fourth-order valence-corrected chi connectivity index (χ4v) is 1.56. The van der Waals surface area contributed by atoms with Gasteiger partial charge in [0.05, 0.1) is 0 Å². The normalized spacial score (nSPS) is 44.2. The smallest absolute Gasteiger partial charge is 0.355 e. The molecular weight excluding hydrogens is 215 g/mol. The number of hydrogen-bond donors (Lipinski definition) is 0. The van der Waals surface area contributed by atoms with Crippen molar-refractivity contribution in [3.05, 3.63) is 0 Å². The van der Waals surface area contributed by atoms with Crippen LogP contribution in [0.4, 0.5) is 4.39 Å². The van der Waals surface area contributed by atoms with Gasteiger partial charge in [-0.2, -0.15) is 0 Å².